The summed E-state index contributed by atoms with van der Waals surface area (Å²) in [6.45, 7) is 2.24. The Bertz CT molecular complexity index is 644. The highest BCUT2D eigenvalue weighted by Gasteiger charge is 2.34. The molecule has 1 fully saturated rings. The van der Waals surface area contributed by atoms with E-state index in [-0.39, 0.29) is 30.4 Å². The number of aryl methyl sites for hydroxylation is 1. The first kappa shape index (κ1) is 17.9. The van der Waals surface area contributed by atoms with Crippen molar-refractivity contribution in [1.82, 2.24) is 9.21 Å². The third-order valence-corrected chi connectivity index (χ3v) is 5.56. The highest BCUT2D eigenvalue weighted by Crippen LogP contribution is 2.19. The quantitative estimate of drug-likeness (QED) is 0.803. The second kappa shape index (κ2) is 7.39. The molecule has 1 amide bonds. The number of hydrogen-bond acceptors (Lipinski definition) is 5. The third kappa shape index (κ3) is 4.29. The smallest absolute Gasteiger partial charge is 0.243 e. The molecule has 2 rings (SSSR count). The molecule has 1 aromatic carbocycles. The summed E-state index contributed by atoms with van der Waals surface area (Å²) in [5.74, 6) is -0.339. The van der Waals surface area contributed by atoms with Crippen LogP contribution >= 0.6 is 0 Å². The van der Waals surface area contributed by atoms with Gasteiger partial charge in [-0.1, -0.05) is 17.7 Å². The Morgan fingerprint density at radius 1 is 1.26 bits per heavy atom. The van der Waals surface area contributed by atoms with E-state index in [9.17, 15) is 18.3 Å². The van der Waals surface area contributed by atoms with E-state index in [1.165, 1.54) is 24.1 Å². The van der Waals surface area contributed by atoms with Crippen LogP contribution in [0.2, 0.25) is 0 Å². The number of β-amino-alcohol motifs (C(OH)–C–C–N with tert-alkyl or cyclic N) is 1. The van der Waals surface area contributed by atoms with Gasteiger partial charge < -0.3 is 14.7 Å². The fourth-order valence-corrected chi connectivity index (χ4v) is 3.85. The van der Waals surface area contributed by atoms with E-state index in [4.69, 9.17) is 4.74 Å². The van der Waals surface area contributed by atoms with Gasteiger partial charge in [-0.05, 0) is 19.1 Å². The lowest BCUT2D eigenvalue weighted by molar-refractivity contribution is -0.131. The summed E-state index contributed by atoms with van der Waals surface area (Å²) in [5.41, 5.74) is 0.946. The van der Waals surface area contributed by atoms with E-state index in [0.29, 0.717) is 13.2 Å². The predicted molar refractivity (Wildman–Crippen MR) is 84.4 cm³/mol. The van der Waals surface area contributed by atoms with Gasteiger partial charge in [-0.2, -0.15) is 4.31 Å². The van der Waals surface area contributed by atoms with Gasteiger partial charge >= 0.3 is 0 Å². The van der Waals surface area contributed by atoms with Crippen LogP contribution in [0.3, 0.4) is 0 Å². The van der Waals surface area contributed by atoms with E-state index >= 15 is 0 Å². The number of sulfonamides is 1. The fraction of sp³-hybridized carbons (Fsp3) is 0.533. The van der Waals surface area contributed by atoms with Crippen molar-refractivity contribution in [1.29, 1.82) is 0 Å². The monoisotopic (exact) mass is 342 g/mol. The molecule has 1 N–H and O–H groups in total. The predicted octanol–water partition coefficient (Wildman–Crippen LogP) is -0.165. The van der Waals surface area contributed by atoms with Crippen molar-refractivity contribution in [3.8, 4) is 0 Å². The molecule has 0 aliphatic carbocycles. The Labute approximate surface area is 136 Å². The summed E-state index contributed by atoms with van der Waals surface area (Å²) in [5, 5.41) is 10.1. The summed E-state index contributed by atoms with van der Waals surface area (Å²) < 4.78 is 31.3. The number of aliphatic hydroxyl groups excluding tert-OH is 1. The van der Waals surface area contributed by atoms with Crippen LogP contribution in [-0.2, 0) is 19.6 Å². The summed E-state index contributed by atoms with van der Waals surface area (Å²) in [4.78, 5) is 13.8. The number of amides is 1. The lowest BCUT2D eigenvalue weighted by Gasteiger charge is -2.21. The van der Waals surface area contributed by atoms with Crippen LogP contribution in [0.4, 0.5) is 0 Å². The minimum atomic E-state index is -3.82. The summed E-state index contributed by atoms with van der Waals surface area (Å²) >= 11 is 0. The number of methoxy groups -OCH3 is 1. The zero-order valence-electron chi connectivity index (χ0n) is 13.3. The average molecular weight is 342 g/mol. The number of carbonyl (C=O) groups is 1. The van der Waals surface area contributed by atoms with Crippen LogP contribution in [0.25, 0.3) is 0 Å². The Balaban J connectivity index is 2.22. The number of aliphatic hydroxyl groups is 1. The zero-order chi connectivity index (χ0) is 17.0. The van der Waals surface area contributed by atoms with Crippen LogP contribution in [0.15, 0.2) is 29.2 Å². The molecule has 0 spiro atoms. The number of carbonyl (C=O) groups excluding carboxylic acids is 1. The molecule has 0 saturated carbocycles. The highest BCUT2D eigenvalue weighted by molar-refractivity contribution is 7.89. The lowest BCUT2D eigenvalue weighted by Crippen LogP contribution is -2.40. The molecule has 1 saturated heterocycles. The van der Waals surface area contributed by atoms with Crippen LogP contribution < -0.4 is 0 Å². The van der Waals surface area contributed by atoms with E-state index in [0.717, 1.165) is 9.87 Å². The topological polar surface area (TPSA) is 87.2 Å². The van der Waals surface area contributed by atoms with E-state index in [1.807, 2.05) is 6.92 Å². The zero-order valence-corrected chi connectivity index (χ0v) is 14.1. The first-order valence-corrected chi connectivity index (χ1v) is 8.80. The summed E-state index contributed by atoms with van der Waals surface area (Å²) in [6, 6.07) is 6.42. The maximum atomic E-state index is 12.7. The van der Waals surface area contributed by atoms with Crippen LogP contribution in [0.1, 0.15) is 5.56 Å². The Morgan fingerprint density at radius 3 is 2.52 bits per heavy atom. The Hall–Kier alpha value is -1.48. The second-order valence-electron chi connectivity index (χ2n) is 5.60. The van der Waals surface area contributed by atoms with Gasteiger partial charge in [0.05, 0.1) is 24.2 Å². The molecule has 128 valence electrons. The molecule has 1 aliphatic heterocycles. The van der Waals surface area contributed by atoms with Crippen LogP contribution in [-0.4, -0.2) is 74.6 Å². The van der Waals surface area contributed by atoms with Gasteiger partial charge in [-0.25, -0.2) is 8.42 Å². The van der Waals surface area contributed by atoms with E-state index in [2.05, 4.69) is 0 Å². The molecule has 0 radical (unpaired) electrons. The normalized spacial score (nSPS) is 20.6. The molecule has 0 aromatic heterocycles. The maximum absolute atomic E-state index is 12.7. The highest BCUT2D eigenvalue weighted by atomic mass is 32.2. The molecule has 0 bridgehead atoms. The number of hydrogen-bond donors (Lipinski definition) is 1. The standard InChI is InChI=1S/C15H22N2O5S/c1-12-3-5-14(6-4-12)23(20,21)17-10-13(18)9-16(7-8-22-2)15(19)11-17/h3-6,13,18H,7-11H2,1-2H3. The van der Waals surface area contributed by atoms with Gasteiger partial charge in [0.15, 0.2) is 0 Å². The van der Waals surface area contributed by atoms with Crippen molar-refractivity contribution in [3.63, 3.8) is 0 Å². The van der Waals surface area contributed by atoms with Gasteiger partial charge in [0.2, 0.25) is 15.9 Å². The second-order valence-corrected chi connectivity index (χ2v) is 7.53. The number of ether oxygens (including phenoxy) is 1. The van der Waals surface area contributed by atoms with Crippen molar-refractivity contribution in [3.05, 3.63) is 29.8 Å². The van der Waals surface area contributed by atoms with Crippen molar-refractivity contribution >= 4 is 15.9 Å². The molecule has 1 unspecified atom stereocenters. The molecule has 1 aliphatic rings. The van der Waals surface area contributed by atoms with E-state index < -0.39 is 16.1 Å². The molecule has 1 atom stereocenters. The van der Waals surface area contributed by atoms with Gasteiger partial charge in [-0.3, -0.25) is 4.79 Å². The summed E-state index contributed by atoms with van der Waals surface area (Å²) in [6.07, 6.45) is -0.932. The largest absolute Gasteiger partial charge is 0.390 e. The molecular weight excluding hydrogens is 320 g/mol. The van der Waals surface area contributed by atoms with Crippen molar-refractivity contribution in [2.75, 3.05) is 39.9 Å². The molecule has 8 heteroatoms. The average Bonchev–Trinajstić information content (AvgIpc) is 2.64. The van der Waals surface area contributed by atoms with Gasteiger partial charge in [0, 0.05) is 26.7 Å². The van der Waals surface area contributed by atoms with Crippen molar-refractivity contribution < 1.29 is 23.1 Å². The third-order valence-electron chi connectivity index (χ3n) is 3.73. The van der Waals surface area contributed by atoms with Crippen LogP contribution in [0.5, 0.6) is 0 Å². The molecule has 23 heavy (non-hydrogen) atoms. The minimum Gasteiger partial charge on any atom is -0.390 e. The molecule has 7 nitrogen and oxygen atoms in total. The Morgan fingerprint density at radius 2 is 1.91 bits per heavy atom. The van der Waals surface area contributed by atoms with E-state index in [1.54, 1.807) is 12.1 Å². The number of benzene rings is 1. The van der Waals surface area contributed by atoms with Crippen molar-refractivity contribution in [2.24, 2.45) is 0 Å². The molecular formula is C15H22N2O5S. The van der Waals surface area contributed by atoms with Gasteiger partial charge in [0.25, 0.3) is 0 Å². The Kier molecular flexibility index (Phi) is 5.74. The summed E-state index contributed by atoms with van der Waals surface area (Å²) in [7, 11) is -2.30. The van der Waals surface area contributed by atoms with Crippen molar-refractivity contribution in [2.45, 2.75) is 17.9 Å². The lowest BCUT2D eigenvalue weighted by atomic mass is 10.2. The van der Waals surface area contributed by atoms with Gasteiger partial charge in [-0.15, -0.1) is 0 Å². The van der Waals surface area contributed by atoms with Crippen LogP contribution in [0, 0.1) is 6.92 Å². The first-order valence-electron chi connectivity index (χ1n) is 7.36. The SMILES string of the molecule is COCCN1CC(O)CN(S(=O)(=O)c2ccc(C)cc2)CC1=O. The van der Waals surface area contributed by atoms with Gasteiger partial charge in [0.1, 0.15) is 0 Å². The number of nitrogens with zero attached hydrogens (tertiary/aromatic N) is 2. The minimum absolute atomic E-state index is 0.0993. The molecule has 1 aromatic rings. The fourth-order valence-electron chi connectivity index (χ4n) is 2.42. The maximum Gasteiger partial charge on any atom is 0.243 e. The first-order chi connectivity index (χ1) is 10.8. The molecule has 1 heterocycles. The number of rotatable bonds is 5.